The Morgan fingerprint density at radius 2 is 1.94 bits per heavy atom. The maximum atomic E-state index is 3.45. The molecular weight excluding hydrogens is 266 g/mol. The minimum absolute atomic E-state index is 0. The molecule has 1 N–H and O–H groups in total. The molecule has 0 saturated carbocycles. The Balaban J connectivity index is 0.00000120. The summed E-state index contributed by atoms with van der Waals surface area (Å²) in [5.41, 5.74) is 0. The third-order valence-corrected chi connectivity index (χ3v) is 5.69. The van der Waals surface area contributed by atoms with E-state index in [4.69, 9.17) is 0 Å². The number of hydrogen-bond acceptors (Lipinski definition) is 4. The molecule has 3 saturated heterocycles. The van der Waals surface area contributed by atoms with Gasteiger partial charge in [0.1, 0.15) is 0 Å². The standard InChI is InChI=1S/C13H25N3S.ClH/c1-5-15(9-12-2-8-17-11-12)10-13(1)16-6-3-14-4-7-16;/h12-14H,1-11H2;1H. The van der Waals surface area contributed by atoms with E-state index in [0.717, 1.165) is 12.0 Å². The zero-order chi connectivity index (χ0) is 11.5. The maximum Gasteiger partial charge on any atom is 0.0236 e. The van der Waals surface area contributed by atoms with Crippen LogP contribution >= 0.6 is 24.2 Å². The normalized spacial score (nSPS) is 34.7. The largest absolute Gasteiger partial charge is 0.314 e. The lowest BCUT2D eigenvalue weighted by Gasteiger charge is -2.32. The fourth-order valence-electron chi connectivity index (χ4n) is 3.42. The second kappa shape index (κ2) is 7.34. The van der Waals surface area contributed by atoms with Gasteiger partial charge in [-0.1, -0.05) is 0 Å². The van der Waals surface area contributed by atoms with Gasteiger partial charge in [0.15, 0.2) is 0 Å². The molecule has 3 aliphatic rings. The van der Waals surface area contributed by atoms with Crippen LogP contribution in [0.1, 0.15) is 12.8 Å². The van der Waals surface area contributed by atoms with Gasteiger partial charge in [0.05, 0.1) is 0 Å². The van der Waals surface area contributed by atoms with Crippen LogP contribution in [0, 0.1) is 5.92 Å². The summed E-state index contributed by atoms with van der Waals surface area (Å²) >= 11 is 2.15. The van der Waals surface area contributed by atoms with Crippen molar-refractivity contribution in [2.24, 2.45) is 5.92 Å². The lowest BCUT2D eigenvalue weighted by atomic mass is 10.1. The van der Waals surface area contributed by atoms with Crippen molar-refractivity contribution in [3.63, 3.8) is 0 Å². The number of piperazine rings is 1. The number of hydrogen-bond donors (Lipinski definition) is 1. The highest BCUT2D eigenvalue weighted by atomic mass is 35.5. The number of halogens is 1. The van der Waals surface area contributed by atoms with Crippen LogP contribution in [0.5, 0.6) is 0 Å². The molecule has 0 amide bonds. The van der Waals surface area contributed by atoms with E-state index in [9.17, 15) is 0 Å². The van der Waals surface area contributed by atoms with E-state index < -0.39 is 0 Å². The highest BCUT2D eigenvalue weighted by molar-refractivity contribution is 7.99. The third kappa shape index (κ3) is 3.76. The van der Waals surface area contributed by atoms with Gasteiger partial charge in [0.2, 0.25) is 0 Å². The van der Waals surface area contributed by atoms with E-state index in [1.165, 1.54) is 70.2 Å². The van der Waals surface area contributed by atoms with Crippen molar-refractivity contribution in [1.82, 2.24) is 15.1 Å². The first-order valence-corrected chi connectivity index (χ1v) is 8.32. The van der Waals surface area contributed by atoms with E-state index >= 15 is 0 Å². The minimum atomic E-state index is 0. The molecule has 3 aliphatic heterocycles. The van der Waals surface area contributed by atoms with Crippen LogP contribution in [0.2, 0.25) is 0 Å². The van der Waals surface area contributed by atoms with Crippen molar-refractivity contribution >= 4 is 24.2 Å². The SMILES string of the molecule is C1CN(C2CCN(CC3CCSC3)C2)CCN1.Cl. The van der Waals surface area contributed by atoms with Crippen LogP contribution in [-0.4, -0.2) is 73.2 Å². The summed E-state index contributed by atoms with van der Waals surface area (Å²) in [5.74, 6) is 3.80. The Bertz CT molecular complexity index is 242. The minimum Gasteiger partial charge on any atom is -0.314 e. The summed E-state index contributed by atoms with van der Waals surface area (Å²) in [6, 6.07) is 0.853. The molecule has 106 valence electrons. The number of likely N-dealkylation sites (tertiary alicyclic amines) is 1. The molecule has 3 heterocycles. The number of rotatable bonds is 3. The molecule has 0 radical (unpaired) electrons. The van der Waals surface area contributed by atoms with E-state index in [-0.39, 0.29) is 12.4 Å². The molecule has 3 fully saturated rings. The van der Waals surface area contributed by atoms with Gasteiger partial charge >= 0.3 is 0 Å². The lowest BCUT2D eigenvalue weighted by Crippen LogP contribution is -2.49. The monoisotopic (exact) mass is 291 g/mol. The first-order valence-electron chi connectivity index (χ1n) is 7.17. The first kappa shape index (κ1) is 14.9. The predicted octanol–water partition coefficient (Wildman–Crippen LogP) is 1.14. The smallest absolute Gasteiger partial charge is 0.0236 e. The van der Waals surface area contributed by atoms with Crippen molar-refractivity contribution in [2.45, 2.75) is 18.9 Å². The zero-order valence-corrected chi connectivity index (χ0v) is 12.8. The van der Waals surface area contributed by atoms with Crippen molar-refractivity contribution in [3.05, 3.63) is 0 Å². The fourth-order valence-corrected chi connectivity index (χ4v) is 4.69. The molecule has 2 unspecified atom stereocenters. The summed E-state index contributed by atoms with van der Waals surface area (Å²) in [7, 11) is 0. The molecule has 3 nitrogen and oxygen atoms in total. The summed E-state index contributed by atoms with van der Waals surface area (Å²) in [6.45, 7) is 8.95. The zero-order valence-electron chi connectivity index (χ0n) is 11.1. The van der Waals surface area contributed by atoms with Crippen LogP contribution in [0.3, 0.4) is 0 Å². The molecule has 5 heteroatoms. The van der Waals surface area contributed by atoms with Crippen molar-refractivity contribution in [3.8, 4) is 0 Å². The van der Waals surface area contributed by atoms with Crippen molar-refractivity contribution < 1.29 is 0 Å². The second-order valence-electron chi connectivity index (χ2n) is 5.72. The summed E-state index contributed by atoms with van der Waals surface area (Å²) in [4.78, 5) is 5.43. The lowest BCUT2D eigenvalue weighted by molar-refractivity contribution is 0.168. The van der Waals surface area contributed by atoms with E-state index in [1.54, 1.807) is 0 Å². The Hall–Kier alpha value is 0.520. The van der Waals surface area contributed by atoms with Gasteiger partial charge in [0.25, 0.3) is 0 Å². The maximum absolute atomic E-state index is 3.45. The Morgan fingerprint density at radius 1 is 1.11 bits per heavy atom. The van der Waals surface area contributed by atoms with Gasteiger partial charge in [-0.3, -0.25) is 4.90 Å². The Labute approximate surface area is 121 Å². The fraction of sp³-hybridized carbons (Fsp3) is 1.00. The number of nitrogens with one attached hydrogen (secondary N) is 1. The van der Waals surface area contributed by atoms with E-state index in [1.807, 2.05) is 0 Å². The molecule has 2 atom stereocenters. The summed E-state index contributed by atoms with van der Waals surface area (Å²) < 4.78 is 0. The average Bonchev–Trinajstić information content (AvgIpc) is 3.02. The average molecular weight is 292 g/mol. The van der Waals surface area contributed by atoms with Crippen LogP contribution in [-0.2, 0) is 0 Å². The second-order valence-corrected chi connectivity index (χ2v) is 6.87. The topological polar surface area (TPSA) is 18.5 Å². The molecule has 0 spiro atoms. The van der Waals surface area contributed by atoms with Gasteiger partial charge in [-0.05, 0) is 36.8 Å². The summed E-state index contributed by atoms with van der Waals surface area (Å²) in [6.07, 6.45) is 2.86. The molecule has 0 aromatic carbocycles. The molecule has 0 bridgehead atoms. The van der Waals surface area contributed by atoms with Crippen LogP contribution in [0.25, 0.3) is 0 Å². The van der Waals surface area contributed by atoms with Crippen LogP contribution in [0.4, 0.5) is 0 Å². The molecule has 0 aromatic rings. The van der Waals surface area contributed by atoms with Gasteiger partial charge in [-0.15, -0.1) is 12.4 Å². The highest BCUT2D eigenvalue weighted by Crippen LogP contribution is 2.26. The highest BCUT2D eigenvalue weighted by Gasteiger charge is 2.30. The number of thioether (sulfide) groups is 1. The van der Waals surface area contributed by atoms with Crippen LogP contribution < -0.4 is 5.32 Å². The predicted molar refractivity (Wildman–Crippen MR) is 82.0 cm³/mol. The Kier molecular flexibility index (Phi) is 6.09. The third-order valence-electron chi connectivity index (χ3n) is 4.46. The molecule has 0 aromatic heterocycles. The Morgan fingerprint density at radius 3 is 2.67 bits per heavy atom. The van der Waals surface area contributed by atoms with Gasteiger partial charge in [0, 0.05) is 45.3 Å². The quantitative estimate of drug-likeness (QED) is 0.840. The molecule has 0 aliphatic carbocycles. The van der Waals surface area contributed by atoms with Crippen LogP contribution in [0.15, 0.2) is 0 Å². The van der Waals surface area contributed by atoms with Gasteiger partial charge in [-0.25, -0.2) is 0 Å². The van der Waals surface area contributed by atoms with E-state index in [2.05, 4.69) is 26.9 Å². The number of nitrogens with zero attached hydrogens (tertiary/aromatic N) is 2. The van der Waals surface area contributed by atoms with E-state index in [0.29, 0.717) is 0 Å². The van der Waals surface area contributed by atoms with Crippen molar-refractivity contribution in [1.29, 1.82) is 0 Å². The summed E-state index contributed by atoms with van der Waals surface area (Å²) in [5, 5.41) is 3.45. The first-order chi connectivity index (χ1) is 8.42. The molecule has 18 heavy (non-hydrogen) atoms. The van der Waals surface area contributed by atoms with Crippen molar-refractivity contribution in [2.75, 3.05) is 57.3 Å². The molecule has 3 rings (SSSR count). The molecular formula is C13H26ClN3S. The van der Waals surface area contributed by atoms with Gasteiger partial charge < -0.3 is 10.2 Å². The van der Waals surface area contributed by atoms with Gasteiger partial charge in [-0.2, -0.15) is 11.8 Å².